The smallest absolute Gasteiger partial charge is 0.462 e. The lowest BCUT2D eigenvalue weighted by Gasteiger charge is -2.18. The minimum atomic E-state index is -4.74. The molecule has 270 valence electrons. The second kappa shape index (κ2) is 33.4. The molecule has 8 nitrogen and oxygen atoms in total. The molecule has 9 heteroatoms. The first kappa shape index (κ1) is 44.5. The highest BCUT2D eigenvalue weighted by atomic mass is 31.2. The molecule has 0 aliphatic rings. The van der Waals surface area contributed by atoms with Crippen molar-refractivity contribution in [1.82, 2.24) is 0 Å². The number of rotatable bonds is 34. The lowest BCUT2D eigenvalue weighted by Crippen LogP contribution is -2.29. The van der Waals surface area contributed by atoms with Crippen LogP contribution in [0.3, 0.4) is 0 Å². The van der Waals surface area contributed by atoms with E-state index in [0.717, 1.165) is 51.4 Å². The number of unbranched alkanes of at least 4 members (excludes halogenated alkanes) is 20. The molecule has 0 radical (unpaired) electrons. The standard InChI is InChI=1S/C37H69O8P/c1-3-5-7-9-11-13-14-15-16-17-18-19-20-21-22-24-26-28-30-32-37(39)45-35(34-44-46(40,41)42)33-43-36(38)31-29-27-25-23-12-10-8-6-4-2/h11,13,15-16,35H,3-10,12,14,17-34H2,1-2H3,(H2,40,41,42)/b13-11-,16-15-. The molecular formula is C37H69O8P. The van der Waals surface area contributed by atoms with Crippen molar-refractivity contribution in [2.45, 2.75) is 187 Å². The van der Waals surface area contributed by atoms with Crippen LogP contribution < -0.4 is 0 Å². The summed E-state index contributed by atoms with van der Waals surface area (Å²) in [5.74, 6) is -0.889. The van der Waals surface area contributed by atoms with Gasteiger partial charge in [0.2, 0.25) is 0 Å². The monoisotopic (exact) mass is 672 g/mol. The molecule has 0 fully saturated rings. The molecule has 0 aromatic heterocycles. The SMILES string of the molecule is CCCCC/C=C\C/C=C\CCCCCCCCCCCC(=O)OC(COC(=O)CCCCCCCCCCC)COP(=O)(O)O. The van der Waals surface area contributed by atoms with Crippen LogP contribution in [0.1, 0.15) is 181 Å². The number of esters is 2. The molecule has 0 heterocycles. The maximum absolute atomic E-state index is 12.3. The molecule has 1 atom stereocenters. The molecule has 2 N–H and O–H groups in total. The number of ether oxygens (including phenoxy) is 2. The van der Waals surface area contributed by atoms with E-state index >= 15 is 0 Å². The zero-order valence-electron chi connectivity index (χ0n) is 29.5. The third kappa shape index (κ3) is 35.4. The van der Waals surface area contributed by atoms with Gasteiger partial charge in [0.05, 0.1) is 6.61 Å². The molecule has 1 unspecified atom stereocenters. The Morgan fingerprint density at radius 3 is 1.48 bits per heavy atom. The number of allylic oxidation sites excluding steroid dienone is 4. The second-order valence-corrected chi connectivity index (χ2v) is 13.8. The molecule has 0 saturated heterocycles. The van der Waals surface area contributed by atoms with Crippen LogP contribution in [0.2, 0.25) is 0 Å². The molecule has 0 aliphatic heterocycles. The Morgan fingerprint density at radius 2 is 0.978 bits per heavy atom. The molecule has 46 heavy (non-hydrogen) atoms. The van der Waals surface area contributed by atoms with Gasteiger partial charge < -0.3 is 19.3 Å². The van der Waals surface area contributed by atoms with E-state index in [9.17, 15) is 14.2 Å². The fourth-order valence-corrected chi connectivity index (χ4v) is 5.53. The van der Waals surface area contributed by atoms with Crippen molar-refractivity contribution in [3.8, 4) is 0 Å². The average molecular weight is 673 g/mol. The summed E-state index contributed by atoms with van der Waals surface area (Å²) in [5.41, 5.74) is 0. The largest absolute Gasteiger partial charge is 0.469 e. The molecule has 0 saturated carbocycles. The van der Waals surface area contributed by atoms with E-state index in [-0.39, 0.29) is 19.4 Å². The van der Waals surface area contributed by atoms with E-state index in [1.165, 1.54) is 96.3 Å². The van der Waals surface area contributed by atoms with Crippen LogP contribution in [0.5, 0.6) is 0 Å². The summed E-state index contributed by atoms with van der Waals surface area (Å²) in [6, 6.07) is 0. The molecule has 0 spiro atoms. The van der Waals surface area contributed by atoms with Gasteiger partial charge in [-0.05, 0) is 44.9 Å². The Kier molecular flexibility index (Phi) is 32.4. The number of hydrogen-bond acceptors (Lipinski definition) is 6. The third-order valence-electron chi connectivity index (χ3n) is 7.97. The first-order chi connectivity index (χ1) is 22.3. The molecule has 0 rings (SSSR count). The van der Waals surface area contributed by atoms with Crippen LogP contribution in [0.15, 0.2) is 24.3 Å². The Bertz CT molecular complexity index is 807. The third-order valence-corrected chi connectivity index (χ3v) is 8.46. The summed E-state index contributed by atoms with van der Waals surface area (Å²) < 4.78 is 26.2. The fourth-order valence-electron chi connectivity index (χ4n) is 5.17. The van der Waals surface area contributed by atoms with E-state index in [4.69, 9.17) is 19.3 Å². The van der Waals surface area contributed by atoms with Crippen LogP contribution in [0.4, 0.5) is 0 Å². The van der Waals surface area contributed by atoms with E-state index in [1.54, 1.807) is 0 Å². The van der Waals surface area contributed by atoms with Gasteiger partial charge in [-0.15, -0.1) is 0 Å². The lowest BCUT2D eigenvalue weighted by molar-refractivity contribution is -0.161. The van der Waals surface area contributed by atoms with Crippen molar-refractivity contribution < 1.29 is 37.9 Å². The van der Waals surface area contributed by atoms with Crippen LogP contribution in [0, 0.1) is 0 Å². The van der Waals surface area contributed by atoms with Crippen molar-refractivity contribution >= 4 is 19.8 Å². The van der Waals surface area contributed by atoms with Gasteiger partial charge in [0.25, 0.3) is 0 Å². The number of carbonyl (C=O) groups is 2. The van der Waals surface area contributed by atoms with Gasteiger partial charge in [-0.25, -0.2) is 4.57 Å². The minimum absolute atomic E-state index is 0.209. The van der Waals surface area contributed by atoms with Crippen molar-refractivity contribution in [1.29, 1.82) is 0 Å². The first-order valence-corrected chi connectivity index (χ1v) is 20.2. The van der Waals surface area contributed by atoms with Crippen LogP contribution >= 0.6 is 7.82 Å². The van der Waals surface area contributed by atoms with E-state index in [2.05, 4.69) is 42.7 Å². The molecule has 0 amide bonds. The molecular weight excluding hydrogens is 603 g/mol. The molecule has 0 bridgehead atoms. The zero-order chi connectivity index (χ0) is 34.0. The summed E-state index contributed by atoms with van der Waals surface area (Å²) in [6.07, 6.45) is 36.2. The number of hydrogen-bond donors (Lipinski definition) is 2. The van der Waals surface area contributed by atoms with Gasteiger partial charge in [-0.3, -0.25) is 14.1 Å². The highest BCUT2D eigenvalue weighted by Crippen LogP contribution is 2.36. The second-order valence-electron chi connectivity index (χ2n) is 12.6. The predicted octanol–water partition coefficient (Wildman–Crippen LogP) is 10.8. The maximum atomic E-state index is 12.3. The Labute approximate surface area is 281 Å². The first-order valence-electron chi connectivity index (χ1n) is 18.6. The summed E-state index contributed by atoms with van der Waals surface area (Å²) in [6.45, 7) is 3.62. The van der Waals surface area contributed by atoms with Crippen LogP contribution in [-0.2, 0) is 28.2 Å². The molecule has 0 aliphatic carbocycles. The van der Waals surface area contributed by atoms with E-state index in [0.29, 0.717) is 6.42 Å². The van der Waals surface area contributed by atoms with Gasteiger partial charge in [0, 0.05) is 12.8 Å². The van der Waals surface area contributed by atoms with E-state index < -0.39 is 32.5 Å². The number of carbonyl (C=O) groups excluding carboxylic acids is 2. The summed E-state index contributed by atoms with van der Waals surface area (Å²) in [5, 5.41) is 0. The van der Waals surface area contributed by atoms with Crippen molar-refractivity contribution in [3.05, 3.63) is 24.3 Å². The van der Waals surface area contributed by atoms with Gasteiger partial charge in [-0.2, -0.15) is 0 Å². The predicted molar refractivity (Wildman–Crippen MR) is 189 cm³/mol. The van der Waals surface area contributed by atoms with Gasteiger partial charge in [-0.1, -0.05) is 147 Å². The Hall–Kier alpha value is -1.47. The topological polar surface area (TPSA) is 119 Å². The number of phosphoric acid groups is 1. The van der Waals surface area contributed by atoms with Crippen molar-refractivity contribution in [2.24, 2.45) is 0 Å². The summed E-state index contributed by atoms with van der Waals surface area (Å²) >= 11 is 0. The Balaban J connectivity index is 3.91. The minimum Gasteiger partial charge on any atom is -0.462 e. The molecule has 0 aromatic carbocycles. The number of phosphoric ester groups is 1. The van der Waals surface area contributed by atoms with Crippen LogP contribution in [0.25, 0.3) is 0 Å². The van der Waals surface area contributed by atoms with Gasteiger partial charge in [0.1, 0.15) is 6.61 Å². The highest BCUT2D eigenvalue weighted by molar-refractivity contribution is 7.46. The highest BCUT2D eigenvalue weighted by Gasteiger charge is 2.22. The van der Waals surface area contributed by atoms with Gasteiger partial charge >= 0.3 is 19.8 Å². The average Bonchev–Trinajstić information content (AvgIpc) is 3.02. The summed E-state index contributed by atoms with van der Waals surface area (Å²) in [7, 11) is -4.74. The van der Waals surface area contributed by atoms with E-state index in [1.807, 2.05) is 0 Å². The van der Waals surface area contributed by atoms with Crippen molar-refractivity contribution in [2.75, 3.05) is 13.2 Å². The van der Waals surface area contributed by atoms with Crippen LogP contribution in [-0.4, -0.2) is 41.0 Å². The maximum Gasteiger partial charge on any atom is 0.469 e. The zero-order valence-corrected chi connectivity index (χ0v) is 30.4. The van der Waals surface area contributed by atoms with Crippen molar-refractivity contribution in [3.63, 3.8) is 0 Å². The lowest BCUT2D eigenvalue weighted by atomic mass is 10.1. The summed E-state index contributed by atoms with van der Waals surface area (Å²) in [4.78, 5) is 42.6. The normalized spacial score (nSPS) is 12.7. The molecule has 0 aromatic rings. The quantitative estimate of drug-likeness (QED) is 0.0300. The Morgan fingerprint density at radius 1 is 0.565 bits per heavy atom. The van der Waals surface area contributed by atoms with Gasteiger partial charge in [0.15, 0.2) is 6.10 Å². The fraction of sp³-hybridized carbons (Fsp3) is 0.838.